The van der Waals surface area contributed by atoms with Gasteiger partial charge in [0, 0.05) is 31.2 Å². The molecule has 2 N–H and O–H groups in total. The Kier molecular flexibility index (Phi) is 5.58. The Balaban J connectivity index is 2.40. The fourth-order valence-electron chi connectivity index (χ4n) is 2.27. The molecule has 0 aliphatic carbocycles. The van der Waals surface area contributed by atoms with E-state index in [4.69, 9.17) is 0 Å². The molecule has 1 heterocycles. The van der Waals surface area contributed by atoms with Crippen LogP contribution in [0.15, 0.2) is 0 Å². The number of nitrogens with one attached hydrogen (secondary N) is 1. The molecule has 0 saturated carbocycles. The lowest BCUT2D eigenvalue weighted by molar-refractivity contribution is 0.139. The number of aliphatic hydroxyl groups is 1. The summed E-state index contributed by atoms with van der Waals surface area (Å²) in [6.07, 6.45) is 0.821. The van der Waals surface area contributed by atoms with Crippen LogP contribution in [-0.4, -0.2) is 67.8 Å². The van der Waals surface area contributed by atoms with Gasteiger partial charge in [0.05, 0.1) is 18.1 Å². The number of nitrogens with zero attached hydrogens (tertiary/aromatic N) is 1. The summed E-state index contributed by atoms with van der Waals surface area (Å²) in [6.45, 7) is 8.27. The van der Waals surface area contributed by atoms with Crippen molar-refractivity contribution in [2.45, 2.75) is 38.8 Å². The third-order valence-corrected chi connectivity index (χ3v) is 5.01. The van der Waals surface area contributed by atoms with E-state index in [1.54, 1.807) is 0 Å². The molecule has 0 aromatic heterocycles. The molecule has 5 nitrogen and oxygen atoms in total. The Morgan fingerprint density at radius 2 is 1.89 bits per heavy atom. The maximum Gasteiger partial charge on any atom is 0.152 e. The minimum Gasteiger partial charge on any atom is -0.394 e. The van der Waals surface area contributed by atoms with Crippen molar-refractivity contribution in [3.63, 3.8) is 0 Å². The second kappa shape index (κ2) is 6.32. The van der Waals surface area contributed by atoms with Crippen LogP contribution < -0.4 is 5.32 Å². The maximum atomic E-state index is 11.3. The van der Waals surface area contributed by atoms with E-state index in [0.29, 0.717) is 19.1 Å². The average molecular weight is 278 g/mol. The van der Waals surface area contributed by atoms with Crippen LogP contribution in [0.3, 0.4) is 0 Å². The molecule has 108 valence electrons. The monoisotopic (exact) mass is 278 g/mol. The quantitative estimate of drug-likeness (QED) is 0.707. The van der Waals surface area contributed by atoms with Crippen molar-refractivity contribution in [1.82, 2.24) is 10.2 Å². The van der Waals surface area contributed by atoms with Gasteiger partial charge in [0.15, 0.2) is 9.84 Å². The molecule has 1 unspecified atom stereocenters. The van der Waals surface area contributed by atoms with Gasteiger partial charge in [0.1, 0.15) is 0 Å². The van der Waals surface area contributed by atoms with Crippen LogP contribution in [0.2, 0.25) is 0 Å². The maximum absolute atomic E-state index is 11.3. The highest BCUT2D eigenvalue weighted by Gasteiger charge is 2.27. The predicted molar refractivity (Wildman–Crippen MR) is 73.5 cm³/mol. The van der Waals surface area contributed by atoms with E-state index < -0.39 is 9.84 Å². The van der Waals surface area contributed by atoms with E-state index in [2.05, 4.69) is 24.1 Å². The number of hydrogen-bond donors (Lipinski definition) is 2. The van der Waals surface area contributed by atoms with Crippen LogP contribution >= 0.6 is 0 Å². The molecule has 0 amide bonds. The molecule has 18 heavy (non-hydrogen) atoms. The highest BCUT2D eigenvalue weighted by atomic mass is 32.2. The van der Waals surface area contributed by atoms with Gasteiger partial charge in [-0.15, -0.1) is 0 Å². The molecule has 1 saturated heterocycles. The Hall–Kier alpha value is -0.170. The summed E-state index contributed by atoms with van der Waals surface area (Å²) in [5.74, 6) is 0.529. The van der Waals surface area contributed by atoms with Crippen molar-refractivity contribution in [2.75, 3.05) is 37.7 Å². The smallest absolute Gasteiger partial charge is 0.152 e. The third kappa shape index (κ3) is 5.22. The summed E-state index contributed by atoms with van der Waals surface area (Å²) in [7, 11) is -2.80. The zero-order valence-corrected chi connectivity index (χ0v) is 12.5. The Bertz CT molecular complexity index is 342. The van der Waals surface area contributed by atoms with E-state index in [-0.39, 0.29) is 23.7 Å². The van der Waals surface area contributed by atoms with Crippen LogP contribution in [0.4, 0.5) is 0 Å². The summed E-state index contributed by atoms with van der Waals surface area (Å²) in [4.78, 5) is 2.16. The van der Waals surface area contributed by atoms with E-state index in [1.165, 1.54) is 0 Å². The van der Waals surface area contributed by atoms with Crippen molar-refractivity contribution in [3.8, 4) is 0 Å². The summed E-state index contributed by atoms with van der Waals surface area (Å²) >= 11 is 0. The number of rotatable bonds is 6. The van der Waals surface area contributed by atoms with Crippen LogP contribution in [0.25, 0.3) is 0 Å². The molecular weight excluding hydrogens is 252 g/mol. The first-order chi connectivity index (χ1) is 8.26. The molecule has 1 aliphatic rings. The van der Waals surface area contributed by atoms with Gasteiger partial charge < -0.3 is 15.3 Å². The van der Waals surface area contributed by atoms with Crippen molar-refractivity contribution < 1.29 is 13.5 Å². The first-order valence-electron chi connectivity index (χ1n) is 6.58. The second-order valence-corrected chi connectivity index (χ2v) is 8.06. The summed E-state index contributed by atoms with van der Waals surface area (Å²) in [5.41, 5.74) is -0.287. The molecule has 0 spiro atoms. The van der Waals surface area contributed by atoms with E-state index in [0.717, 1.165) is 13.0 Å². The number of hydrogen-bond acceptors (Lipinski definition) is 5. The largest absolute Gasteiger partial charge is 0.394 e. The molecule has 1 atom stereocenters. The van der Waals surface area contributed by atoms with Crippen LogP contribution in [0, 0.1) is 0 Å². The SMILES string of the molecule is CC(C)NC(C)(CO)CCN1CCS(=O)(=O)CC1. The summed E-state index contributed by atoms with van der Waals surface area (Å²) in [6, 6.07) is 0.323. The molecule has 6 heteroatoms. The number of aliphatic hydroxyl groups excluding tert-OH is 1. The topological polar surface area (TPSA) is 69.6 Å². The first kappa shape index (κ1) is 15.9. The van der Waals surface area contributed by atoms with Crippen LogP contribution in [-0.2, 0) is 9.84 Å². The van der Waals surface area contributed by atoms with Gasteiger partial charge in [-0.25, -0.2) is 8.42 Å². The highest BCUT2D eigenvalue weighted by molar-refractivity contribution is 7.91. The van der Waals surface area contributed by atoms with Crippen molar-refractivity contribution >= 4 is 9.84 Å². The fourth-order valence-corrected chi connectivity index (χ4v) is 3.55. The lowest BCUT2D eigenvalue weighted by Gasteiger charge is -2.34. The standard InChI is InChI=1S/C12H26N2O3S/c1-11(2)13-12(3,10-15)4-5-14-6-8-18(16,17)9-7-14/h11,13,15H,4-10H2,1-3H3. The van der Waals surface area contributed by atoms with Gasteiger partial charge in [-0.05, 0) is 13.3 Å². The second-order valence-electron chi connectivity index (χ2n) is 5.76. The van der Waals surface area contributed by atoms with Crippen LogP contribution in [0.1, 0.15) is 27.2 Å². The molecule has 0 aromatic carbocycles. The van der Waals surface area contributed by atoms with Gasteiger partial charge in [-0.3, -0.25) is 0 Å². The highest BCUT2D eigenvalue weighted by Crippen LogP contribution is 2.13. The normalized spacial score (nSPS) is 24.1. The third-order valence-electron chi connectivity index (χ3n) is 3.40. The Morgan fingerprint density at radius 3 is 2.33 bits per heavy atom. The summed E-state index contributed by atoms with van der Waals surface area (Å²) in [5, 5.41) is 12.8. The van der Waals surface area contributed by atoms with E-state index in [1.807, 2.05) is 6.92 Å². The first-order valence-corrected chi connectivity index (χ1v) is 8.40. The minimum absolute atomic E-state index is 0.0946. The lowest BCUT2D eigenvalue weighted by Crippen LogP contribution is -2.52. The van der Waals surface area contributed by atoms with Gasteiger partial charge in [0.2, 0.25) is 0 Å². The average Bonchev–Trinajstić information content (AvgIpc) is 2.27. The Labute approximate surface area is 110 Å². The van der Waals surface area contributed by atoms with Gasteiger partial charge in [-0.2, -0.15) is 0 Å². The van der Waals surface area contributed by atoms with E-state index >= 15 is 0 Å². The predicted octanol–water partition coefficient (Wildman–Crippen LogP) is -0.144. The summed E-state index contributed by atoms with van der Waals surface area (Å²) < 4.78 is 22.6. The Morgan fingerprint density at radius 1 is 1.33 bits per heavy atom. The molecule has 0 bridgehead atoms. The molecule has 0 radical (unpaired) electrons. The number of sulfone groups is 1. The molecule has 1 rings (SSSR count). The fraction of sp³-hybridized carbons (Fsp3) is 1.00. The lowest BCUT2D eigenvalue weighted by atomic mass is 9.97. The molecule has 0 aromatic rings. The van der Waals surface area contributed by atoms with Crippen molar-refractivity contribution in [2.24, 2.45) is 0 Å². The zero-order valence-electron chi connectivity index (χ0n) is 11.6. The van der Waals surface area contributed by atoms with Crippen molar-refractivity contribution in [1.29, 1.82) is 0 Å². The van der Waals surface area contributed by atoms with Gasteiger partial charge >= 0.3 is 0 Å². The minimum atomic E-state index is -2.80. The van der Waals surface area contributed by atoms with E-state index in [9.17, 15) is 13.5 Å². The molecule has 1 aliphatic heterocycles. The van der Waals surface area contributed by atoms with Crippen molar-refractivity contribution in [3.05, 3.63) is 0 Å². The van der Waals surface area contributed by atoms with Gasteiger partial charge in [-0.1, -0.05) is 13.8 Å². The zero-order chi connectivity index (χ0) is 13.8. The molecular formula is C12H26N2O3S. The molecule has 1 fully saturated rings. The van der Waals surface area contributed by atoms with Gasteiger partial charge in [0.25, 0.3) is 0 Å². The van der Waals surface area contributed by atoms with Crippen LogP contribution in [0.5, 0.6) is 0 Å².